The predicted octanol–water partition coefficient (Wildman–Crippen LogP) is 3.89. The number of hydrogen-bond donors (Lipinski definition) is 1. The lowest BCUT2D eigenvalue weighted by atomic mass is 10.0. The second-order valence-corrected chi connectivity index (χ2v) is 4.38. The summed E-state index contributed by atoms with van der Waals surface area (Å²) < 4.78 is 26.2. The summed E-state index contributed by atoms with van der Waals surface area (Å²) in [4.78, 5) is 0. The number of halogens is 3. The van der Waals surface area contributed by atoms with Gasteiger partial charge in [0.1, 0.15) is 11.6 Å². The van der Waals surface area contributed by atoms with Crippen LogP contribution in [0.1, 0.15) is 17.2 Å². The normalized spacial score (nSPS) is 12.4. The monoisotopic (exact) mass is 268 g/mol. The molecular weight excluding hydrogens is 258 g/mol. The van der Waals surface area contributed by atoms with Gasteiger partial charge in [0, 0.05) is 17.5 Å². The molecule has 0 aliphatic rings. The van der Waals surface area contributed by atoms with Crippen LogP contribution in [-0.2, 0) is 6.42 Å². The average Bonchev–Trinajstić information content (AvgIpc) is 2.33. The van der Waals surface area contributed by atoms with Gasteiger partial charge in [-0.2, -0.15) is 0 Å². The second kappa shape index (κ2) is 5.46. The van der Waals surface area contributed by atoms with Crippen LogP contribution in [0, 0.1) is 11.6 Å². The van der Waals surface area contributed by atoms with Crippen molar-refractivity contribution in [2.45, 2.75) is 12.5 Å². The Labute approximate surface area is 109 Å². The molecule has 18 heavy (non-hydrogen) atoms. The molecular formula is C14H11ClF2O. The quantitative estimate of drug-likeness (QED) is 0.895. The highest BCUT2D eigenvalue weighted by Crippen LogP contribution is 2.26. The standard InChI is InChI=1S/C14H11ClF2O/c15-12-4-2-1-3-11(12)14(18)7-9-5-6-10(16)8-13(9)17/h1-6,8,14,18H,7H2. The molecule has 0 saturated heterocycles. The molecule has 0 radical (unpaired) electrons. The molecule has 0 aliphatic heterocycles. The van der Waals surface area contributed by atoms with E-state index in [0.29, 0.717) is 10.6 Å². The Morgan fingerprint density at radius 1 is 1.11 bits per heavy atom. The minimum atomic E-state index is -0.918. The molecule has 1 atom stereocenters. The Bertz CT molecular complexity index is 557. The molecule has 0 fully saturated rings. The first-order valence-electron chi connectivity index (χ1n) is 5.44. The summed E-state index contributed by atoms with van der Waals surface area (Å²) in [6.45, 7) is 0. The molecule has 2 aromatic carbocycles. The van der Waals surface area contributed by atoms with Crippen molar-refractivity contribution >= 4 is 11.6 Å². The summed E-state index contributed by atoms with van der Waals surface area (Å²) in [6, 6.07) is 10.1. The van der Waals surface area contributed by atoms with E-state index >= 15 is 0 Å². The van der Waals surface area contributed by atoms with Gasteiger partial charge in [-0.25, -0.2) is 8.78 Å². The zero-order chi connectivity index (χ0) is 13.1. The van der Waals surface area contributed by atoms with E-state index in [-0.39, 0.29) is 12.0 Å². The molecule has 2 aromatic rings. The topological polar surface area (TPSA) is 20.2 Å². The van der Waals surface area contributed by atoms with Crippen LogP contribution in [0.2, 0.25) is 5.02 Å². The molecule has 0 spiro atoms. The molecule has 1 N–H and O–H groups in total. The Kier molecular flexibility index (Phi) is 3.94. The van der Waals surface area contributed by atoms with Gasteiger partial charge in [-0.05, 0) is 23.3 Å². The van der Waals surface area contributed by atoms with Gasteiger partial charge >= 0.3 is 0 Å². The summed E-state index contributed by atoms with van der Waals surface area (Å²) >= 11 is 5.94. The minimum Gasteiger partial charge on any atom is -0.388 e. The number of aliphatic hydroxyl groups is 1. The zero-order valence-electron chi connectivity index (χ0n) is 9.41. The molecule has 1 unspecified atom stereocenters. The smallest absolute Gasteiger partial charge is 0.129 e. The first kappa shape index (κ1) is 13.0. The van der Waals surface area contributed by atoms with Crippen molar-refractivity contribution in [1.29, 1.82) is 0 Å². The lowest BCUT2D eigenvalue weighted by Crippen LogP contribution is -2.04. The van der Waals surface area contributed by atoms with Crippen molar-refractivity contribution in [3.05, 3.63) is 70.2 Å². The summed E-state index contributed by atoms with van der Waals surface area (Å²) in [6.07, 6.45) is -0.866. The van der Waals surface area contributed by atoms with E-state index in [4.69, 9.17) is 11.6 Å². The SMILES string of the molecule is OC(Cc1ccc(F)cc1F)c1ccccc1Cl. The highest BCUT2D eigenvalue weighted by molar-refractivity contribution is 6.31. The molecule has 0 saturated carbocycles. The maximum atomic E-state index is 13.4. The Morgan fingerprint density at radius 2 is 1.83 bits per heavy atom. The molecule has 0 amide bonds. The highest BCUT2D eigenvalue weighted by Gasteiger charge is 2.14. The van der Waals surface area contributed by atoms with Crippen LogP contribution < -0.4 is 0 Å². The molecule has 2 rings (SSSR count). The fourth-order valence-corrected chi connectivity index (χ4v) is 2.01. The zero-order valence-corrected chi connectivity index (χ0v) is 10.2. The lowest BCUT2D eigenvalue weighted by molar-refractivity contribution is 0.177. The lowest BCUT2D eigenvalue weighted by Gasteiger charge is -2.13. The molecule has 0 heterocycles. The van der Waals surface area contributed by atoms with Gasteiger partial charge in [0.25, 0.3) is 0 Å². The largest absolute Gasteiger partial charge is 0.388 e. The third-order valence-electron chi connectivity index (χ3n) is 2.69. The van der Waals surface area contributed by atoms with Gasteiger partial charge in [-0.1, -0.05) is 35.9 Å². The summed E-state index contributed by atoms with van der Waals surface area (Å²) in [5.74, 6) is -1.30. The van der Waals surface area contributed by atoms with Gasteiger partial charge in [0.05, 0.1) is 6.10 Å². The highest BCUT2D eigenvalue weighted by atomic mass is 35.5. The van der Waals surface area contributed by atoms with E-state index in [1.807, 2.05) is 0 Å². The van der Waals surface area contributed by atoms with Gasteiger partial charge in [-0.15, -0.1) is 0 Å². The van der Waals surface area contributed by atoms with Crippen LogP contribution in [0.5, 0.6) is 0 Å². The fraction of sp³-hybridized carbons (Fsp3) is 0.143. The van der Waals surface area contributed by atoms with Crippen molar-refractivity contribution in [1.82, 2.24) is 0 Å². The first-order chi connectivity index (χ1) is 8.58. The minimum absolute atomic E-state index is 0.0514. The second-order valence-electron chi connectivity index (χ2n) is 3.98. The molecule has 4 heteroatoms. The number of rotatable bonds is 3. The van der Waals surface area contributed by atoms with Crippen LogP contribution in [-0.4, -0.2) is 5.11 Å². The van der Waals surface area contributed by atoms with Gasteiger partial charge < -0.3 is 5.11 Å². The first-order valence-corrected chi connectivity index (χ1v) is 5.82. The summed E-state index contributed by atoms with van der Waals surface area (Å²) in [5, 5.41) is 10.4. The van der Waals surface area contributed by atoms with E-state index in [0.717, 1.165) is 12.1 Å². The van der Waals surface area contributed by atoms with E-state index in [1.165, 1.54) is 6.07 Å². The van der Waals surface area contributed by atoms with Crippen LogP contribution in [0.3, 0.4) is 0 Å². The van der Waals surface area contributed by atoms with Crippen LogP contribution >= 0.6 is 11.6 Å². The maximum absolute atomic E-state index is 13.4. The van der Waals surface area contributed by atoms with Gasteiger partial charge in [0.15, 0.2) is 0 Å². The van der Waals surface area contributed by atoms with Crippen molar-refractivity contribution in [2.24, 2.45) is 0 Å². The van der Waals surface area contributed by atoms with Crippen molar-refractivity contribution < 1.29 is 13.9 Å². The molecule has 94 valence electrons. The third kappa shape index (κ3) is 2.86. The average molecular weight is 269 g/mol. The van der Waals surface area contributed by atoms with Gasteiger partial charge in [0.2, 0.25) is 0 Å². The Balaban J connectivity index is 2.21. The van der Waals surface area contributed by atoms with Crippen LogP contribution in [0.25, 0.3) is 0 Å². The van der Waals surface area contributed by atoms with Crippen LogP contribution in [0.15, 0.2) is 42.5 Å². The molecule has 0 bridgehead atoms. The van der Waals surface area contributed by atoms with Crippen molar-refractivity contribution in [3.8, 4) is 0 Å². The molecule has 0 aliphatic carbocycles. The van der Waals surface area contributed by atoms with E-state index < -0.39 is 17.7 Å². The van der Waals surface area contributed by atoms with E-state index in [1.54, 1.807) is 24.3 Å². The van der Waals surface area contributed by atoms with E-state index in [2.05, 4.69) is 0 Å². The maximum Gasteiger partial charge on any atom is 0.129 e. The van der Waals surface area contributed by atoms with Gasteiger partial charge in [-0.3, -0.25) is 0 Å². The van der Waals surface area contributed by atoms with Crippen molar-refractivity contribution in [3.63, 3.8) is 0 Å². The summed E-state index contributed by atoms with van der Waals surface area (Å²) in [7, 11) is 0. The van der Waals surface area contributed by atoms with Crippen molar-refractivity contribution in [2.75, 3.05) is 0 Å². The fourth-order valence-electron chi connectivity index (χ4n) is 1.75. The Morgan fingerprint density at radius 3 is 2.50 bits per heavy atom. The van der Waals surface area contributed by atoms with E-state index in [9.17, 15) is 13.9 Å². The summed E-state index contributed by atoms with van der Waals surface area (Å²) in [5.41, 5.74) is 0.784. The molecule has 1 nitrogen and oxygen atoms in total. The number of hydrogen-bond acceptors (Lipinski definition) is 1. The predicted molar refractivity (Wildman–Crippen MR) is 66.5 cm³/mol. The Hall–Kier alpha value is -1.45. The van der Waals surface area contributed by atoms with Crippen LogP contribution in [0.4, 0.5) is 8.78 Å². The third-order valence-corrected chi connectivity index (χ3v) is 3.04. The molecule has 0 aromatic heterocycles. The number of aliphatic hydroxyl groups excluding tert-OH is 1. The number of benzene rings is 2.